The van der Waals surface area contributed by atoms with Gasteiger partial charge < -0.3 is 4.74 Å². The van der Waals surface area contributed by atoms with Crippen LogP contribution in [0.25, 0.3) is 0 Å². The van der Waals surface area contributed by atoms with Gasteiger partial charge in [0.25, 0.3) is 0 Å². The van der Waals surface area contributed by atoms with Gasteiger partial charge in [0.2, 0.25) is 0 Å². The first-order chi connectivity index (χ1) is 12.1. The molecule has 0 heterocycles. The van der Waals surface area contributed by atoms with Crippen molar-refractivity contribution in [3.63, 3.8) is 0 Å². The molecule has 0 aliphatic carbocycles. The number of carbonyl (C=O) groups is 1. The van der Waals surface area contributed by atoms with E-state index in [0.29, 0.717) is 6.42 Å². The Hall–Kier alpha value is -0.830. The maximum absolute atomic E-state index is 11.6. The Morgan fingerprint density at radius 2 is 1.32 bits per heavy atom. The highest BCUT2D eigenvalue weighted by Crippen LogP contribution is 2.10. The zero-order valence-corrected chi connectivity index (χ0v) is 17.4. The van der Waals surface area contributed by atoms with Crippen molar-refractivity contribution in [2.45, 2.75) is 110 Å². The van der Waals surface area contributed by atoms with E-state index in [-0.39, 0.29) is 12.2 Å². The van der Waals surface area contributed by atoms with Crippen LogP contribution in [0, 0.1) is 0 Å². The highest BCUT2D eigenvalue weighted by molar-refractivity contribution is 5.69. The number of hydrogen-bond donors (Lipinski definition) is 0. The van der Waals surface area contributed by atoms with E-state index < -0.39 is 0 Å². The number of allylic oxidation sites excluding steroid dienone is 2. The molecule has 0 radical (unpaired) electrons. The lowest BCUT2D eigenvalue weighted by Gasteiger charge is -2.19. The minimum Gasteiger partial charge on any atom is -0.447 e. The number of ether oxygens (including phenoxy) is 1. The minimum absolute atomic E-state index is 0.0705. The second kappa shape index (κ2) is 18.0. The fraction of sp³-hybridized carbons (Fsp3) is 0.864. The predicted octanol–water partition coefficient (Wildman–Crippen LogP) is 6.47. The Morgan fingerprint density at radius 3 is 1.84 bits per heavy atom. The van der Waals surface area contributed by atoms with E-state index in [2.05, 4.69) is 19.1 Å². The van der Waals surface area contributed by atoms with Gasteiger partial charge in [-0.15, -0.1) is 0 Å². The molecule has 0 N–H and O–H groups in total. The van der Waals surface area contributed by atoms with Crippen LogP contribution in [-0.2, 0) is 9.53 Å². The van der Waals surface area contributed by atoms with Crippen molar-refractivity contribution in [2.75, 3.05) is 14.1 Å². The largest absolute Gasteiger partial charge is 0.447 e. The van der Waals surface area contributed by atoms with Crippen LogP contribution in [0.1, 0.15) is 104 Å². The Kier molecular flexibility index (Phi) is 17.4. The second-order valence-corrected chi connectivity index (χ2v) is 7.39. The van der Waals surface area contributed by atoms with Gasteiger partial charge in [-0.3, -0.25) is 9.69 Å². The molecule has 0 fully saturated rings. The summed E-state index contributed by atoms with van der Waals surface area (Å²) in [7, 11) is 3.83. The molecule has 0 saturated heterocycles. The molecule has 3 heteroatoms. The molecule has 0 aromatic rings. The maximum Gasteiger partial charge on any atom is 0.307 e. The summed E-state index contributed by atoms with van der Waals surface area (Å²) in [5.74, 6) is -0.0705. The summed E-state index contributed by atoms with van der Waals surface area (Å²) in [5.41, 5.74) is 0. The SMILES string of the molecule is CCCCCCCCC=CCCCCCCCC(=O)OC(C)N(C)C. The van der Waals surface area contributed by atoms with Crippen molar-refractivity contribution in [3.8, 4) is 0 Å². The highest BCUT2D eigenvalue weighted by Gasteiger charge is 2.10. The molecular formula is C22H43NO2. The maximum atomic E-state index is 11.6. The number of hydrogen-bond acceptors (Lipinski definition) is 3. The second-order valence-electron chi connectivity index (χ2n) is 7.39. The molecule has 0 saturated carbocycles. The summed E-state index contributed by atoms with van der Waals surface area (Å²) in [5, 5.41) is 0. The molecule has 0 aromatic heterocycles. The lowest BCUT2D eigenvalue weighted by atomic mass is 10.1. The Bertz CT molecular complexity index is 326. The molecule has 0 amide bonds. The van der Waals surface area contributed by atoms with E-state index in [1.807, 2.05) is 25.9 Å². The van der Waals surface area contributed by atoms with Gasteiger partial charge in [-0.2, -0.15) is 0 Å². The van der Waals surface area contributed by atoms with E-state index in [1.54, 1.807) is 0 Å². The van der Waals surface area contributed by atoms with Gasteiger partial charge in [-0.05, 0) is 53.1 Å². The summed E-state index contributed by atoms with van der Waals surface area (Å²) in [6, 6.07) is 0. The van der Waals surface area contributed by atoms with Crippen molar-refractivity contribution in [2.24, 2.45) is 0 Å². The molecule has 1 unspecified atom stereocenters. The van der Waals surface area contributed by atoms with Gasteiger partial charge in [0.1, 0.15) is 0 Å². The predicted molar refractivity (Wildman–Crippen MR) is 109 cm³/mol. The zero-order chi connectivity index (χ0) is 18.8. The average Bonchev–Trinajstić information content (AvgIpc) is 2.58. The number of rotatable bonds is 17. The van der Waals surface area contributed by atoms with Crippen molar-refractivity contribution < 1.29 is 9.53 Å². The number of unbranched alkanes of at least 4 members (excludes halogenated alkanes) is 11. The van der Waals surface area contributed by atoms with Crippen LogP contribution >= 0.6 is 0 Å². The van der Waals surface area contributed by atoms with Gasteiger partial charge in [0.15, 0.2) is 6.23 Å². The number of esters is 1. The van der Waals surface area contributed by atoms with Gasteiger partial charge in [-0.25, -0.2) is 0 Å². The topological polar surface area (TPSA) is 29.5 Å². The van der Waals surface area contributed by atoms with Crippen LogP contribution in [0.15, 0.2) is 12.2 Å². The molecule has 148 valence electrons. The van der Waals surface area contributed by atoms with Crippen LogP contribution in [0.3, 0.4) is 0 Å². The summed E-state index contributed by atoms with van der Waals surface area (Å²) in [4.78, 5) is 13.5. The molecule has 1 atom stereocenters. The smallest absolute Gasteiger partial charge is 0.307 e. The first-order valence-electron chi connectivity index (χ1n) is 10.6. The Labute approximate surface area is 157 Å². The van der Waals surface area contributed by atoms with Gasteiger partial charge in [0, 0.05) is 6.42 Å². The molecule has 25 heavy (non-hydrogen) atoms. The van der Waals surface area contributed by atoms with E-state index in [0.717, 1.165) is 12.8 Å². The van der Waals surface area contributed by atoms with Crippen LogP contribution in [0.2, 0.25) is 0 Å². The molecule has 0 spiro atoms. The third-order valence-corrected chi connectivity index (χ3v) is 4.67. The van der Waals surface area contributed by atoms with Crippen molar-refractivity contribution in [1.29, 1.82) is 0 Å². The normalized spacial score (nSPS) is 12.8. The third-order valence-electron chi connectivity index (χ3n) is 4.67. The molecule has 0 rings (SSSR count). The van der Waals surface area contributed by atoms with Crippen molar-refractivity contribution >= 4 is 5.97 Å². The number of nitrogens with zero attached hydrogens (tertiary/aromatic N) is 1. The first-order valence-corrected chi connectivity index (χ1v) is 10.6. The van der Waals surface area contributed by atoms with E-state index >= 15 is 0 Å². The van der Waals surface area contributed by atoms with Gasteiger partial charge in [0.05, 0.1) is 0 Å². The first kappa shape index (κ1) is 24.2. The lowest BCUT2D eigenvalue weighted by molar-refractivity contribution is -0.155. The highest BCUT2D eigenvalue weighted by atomic mass is 16.6. The monoisotopic (exact) mass is 353 g/mol. The average molecular weight is 354 g/mol. The fourth-order valence-electron chi connectivity index (χ4n) is 2.69. The third kappa shape index (κ3) is 17.8. The van der Waals surface area contributed by atoms with Crippen LogP contribution < -0.4 is 0 Å². The van der Waals surface area contributed by atoms with Gasteiger partial charge >= 0.3 is 5.97 Å². The molecule has 3 nitrogen and oxygen atoms in total. The Morgan fingerprint density at radius 1 is 0.840 bits per heavy atom. The fourth-order valence-corrected chi connectivity index (χ4v) is 2.69. The van der Waals surface area contributed by atoms with E-state index in [9.17, 15) is 4.79 Å². The Balaban J connectivity index is 3.28. The zero-order valence-electron chi connectivity index (χ0n) is 17.4. The lowest BCUT2D eigenvalue weighted by Crippen LogP contribution is -2.29. The molecule has 0 aliphatic rings. The summed E-state index contributed by atoms with van der Waals surface area (Å²) < 4.78 is 5.31. The molecule has 0 aromatic carbocycles. The van der Waals surface area contributed by atoms with E-state index in [4.69, 9.17) is 4.74 Å². The van der Waals surface area contributed by atoms with Gasteiger partial charge in [-0.1, -0.05) is 70.4 Å². The molecule has 0 bridgehead atoms. The summed E-state index contributed by atoms with van der Waals surface area (Å²) in [6.45, 7) is 4.17. The summed E-state index contributed by atoms with van der Waals surface area (Å²) in [6.07, 6.45) is 21.7. The van der Waals surface area contributed by atoms with Crippen LogP contribution in [0.4, 0.5) is 0 Å². The van der Waals surface area contributed by atoms with Crippen molar-refractivity contribution in [1.82, 2.24) is 4.90 Å². The number of carbonyl (C=O) groups excluding carboxylic acids is 1. The van der Waals surface area contributed by atoms with Crippen LogP contribution in [0.5, 0.6) is 0 Å². The molecular weight excluding hydrogens is 310 g/mol. The summed E-state index contributed by atoms with van der Waals surface area (Å²) >= 11 is 0. The minimum atomic E-state index is -0.129. The van der Waals surface area contributed by atoms with Crippen molar-refractivity contribution in [3.05, 3.63) is 12.2 Å². The van der Waals surface area contributed by atoms with Crippen LogP contribution in [-0.4, -0.2) is 31.2 Å². The standard InChI is InChI=1S/C22H43NO2/c1-5-6-7-8-9-10-11-12-13-14-15-16-17-18-19-20-22(24)25-21(2)23(3)4/h12-13,21H,5-11,14-20H2,1-4H3. The quantitative estimate of drug-likeness (QED) is 0.130. The van der Waals surface area contributed by atoms with E-state index in [1.165, 1.54) is 70.6 Å². The molecule has 0 aliphatic heterocycles.